The van der Waals surface area contributed by atoms with Crippen molar-refractivity contribution in [1.29, 1.82) is 0 Å². The lowest BCUT2D eigenvalue weighted by Gasteiger charge is -2.25. The largest absolute Gasteiger partial charge is 0.312 e. The summed E-state index contributed by atoms with van der Waals surface area (Å²) in [5.41, 5.74) is 1.44. The molecule has 1 unspecified atom stereocenters. The molecule has 0 spiro atoms. The monoisotopic (exact) mass is 274 g/mol. The van der Waals surface area contributed by atoms with Crippen LogP contribution in [0.1, 0.15) is 44.6 Å². The van der Waals surface area contributed by atoms with E-state index in [0.29, 0.717) is 6.04 Å². The Morgan fingerprint density at radius 1 is 1.20 bits per heavy atom. The second kappa shape index (κ2) is 8.43. The number of nitrogens with one attached hydrogen (secondary N) is 1. The van der Waals surface area contributed by atoms with Gasteiger partial charge >= 0.3 is 0 Å². The van der Waals surface area contributed by atoms with Gasteiger partial charge in [-0.05, 0) is 38.3 Å². The maximum atomic E-state index is 3.73. The van der Waals surface area contributed by atoms with Gasteiger partial charge in [0.15, 0.2) is 0 Å². The Balaban J connectivity index is 1.68. The van der Waals surface area contributed by atoms with Crippen molar-refractivity contribution in [2.24, 2.45) is 0 Å². The van der Waals surface area contributed by atoms with Crippen molar-refractivity contribution in [1.82, 2.24) is 10.2 Å². The summed E-state index contributed by atoms with van der Waals surface area (Å²) in [6.07, 6.45) is 7.99. The summed E-state index contributed by atoms with van der Waals surface area (Å²) in [4.78, 5) is 2.55. The SMILES string of the molecule is CCC(Cc1ccccc1)NCCN(C)C1CCCC1. The average Bonchev–Trinajstić information content (AvgIpc) is 3.01. The topological polar surface area (TPSA) is 15.3 Å². The van der Waals surface area contributed by atoms with Crippen LogP contribution < -0.4 is 5.32 Å². The van der Waals surface area contributed by atoms with E-state index in [1.165, 1.54) is 44.2 Å². The van der Waals surface area contributed by atoms with E-state index in [-0.39, 0.29) is 0 Å². The molecule has 0 heterocycles. The second-order valence-electron chi connectivity index (χ2n) is 6.17. The van der Waals surface area contributed by atoms with Crippen LogP contribution in [0, 0.1) is 0 Å². The first-order valence-electron chi connectivity index (χ1n) is 8.27. The lowest BCUT2D eigenvalue weighted by atomic mass is 10.0. The highest BCUT2D eigenvalue weighted by atomic mass is 15.1. The van der Waals surface area contributed by atoms with Gasteiger partial charge in [0, 0.05) is 25.2 Å². The average molecular weight is 274 g/mol. The molecule has 0 saturated heterocycles. The van der Waals surface area contributed by atoms with Crippen molar-refractivity contribution < 1.29 is 0 Å². The highest BCUT2D eigenvalue weighted by Crippen LogP contribution is 2.21. The Kier molecular flexibility index (Phi) is 6.55. The van der Waals surface area contributed by atoms with Gasteiger partial charge in [0.05, 0.1) is 0 Å². The first-order valence-corrected chi connectivity index (χ1v) is 8.27. The summed E-state index contributed by atoms with van der Waals surface area (Å²) in [5.74, 6) is 0. The van der Waals surface area contributed by atoms with E-state index in [1.807, 2.05) is 0 Å². The van der Waals surface area contributed by atoms with Gasteiger partial charge in [-0.25, -0.2) is 0 Å². The van der Waals surface area contributed by atoms with E-state index >= 15 is 0 Å². The zero-order valence-corrected chi connectivity index (χ0v) is 13.1. The van der Waals surface area contributed by atoms with Crippen LogP contribution in [0.5, 0.6) is 0 Å². The molecular formula is C18H30N2. The molecule has 1 aliphatic rings. The molecule has 112 valence electrons. The van der Waals surface area contributed by atoms with Crippen molar-refractivity contribution in [3.63, 3.8) is 0 Å². The van der Waals surface area contributed by atoms with E-state index in [0.717, 1.165) is 19.0 Å². The number of rotatable bonds is 8. The van der Waals surface area contributed by atoms with E-state index in [4.69, 9.17) is 0 Å². The molecule has 2 rings (SSSR count). The van der Waals surface area contributed by atoms with Gasteiger partial charge in [0.1, 0.15) is 0 Å². The number of likely N-dealkylation sites (N-methyl/N-ethyl adjacent to an activating group) is 1. The van der Waals surface area contributed by atoms with Crippen LogP contribution in [0.2, 0.25) is 0 Å². The van der Waals surface area contributed by atoms with Crippen molar-refractivity contribution >= 4 is 0 Å². The summed E-state index contributed by atoms with van der Waals surface area (Å²) in [6, 6.07) is 12.3. The fraction of sp³-hybridized carbons (Fsp3) is 0.667. The van der Waals surface area contributed by atoms with Gasteiger partial charge in [0.25, 0.3) is 0 Å². The van der Waals surface area contributed by atoms with Gasteiger partial charge in [-0.1, -0.05) is 50.1 Å². The van der Waals surface area contributed by atoms with E-state index in [9.17, 15) is 0 Å². The Labute approximate surface area is 124 Å². The van der Waals surface area contributed by atoms with Gasteiger partial charge in [0.2, 0.25) is 0 Å². The molecule has 1 fully saturated rings. The van der Waals surface area contributed by atoms with Gasteiger partial charge in [-0.15, -0.1) is 0 Å². The number of benzene rings is 1. The molecule has 2 nitrogen and oxygen atoms in total. The van der Waals surface area contributed by atoms with Gasteiger partial charge in [-0.3, -0.25) is 0 Å². The van der Waals surface area contributed by atoms with Crippen molar-refractivity contribution in [3.8, 4) is 0 Å². The molecule has 1 aromatic rings. The number of hydrogen-bond donors (Lipinski definition) is 1. The molecular weight excluding hydrogens is 244 g/mol. The Bertz CT molecular complexity index is 357. The predicted molar refractivity (Wildman–Crippen MR) is 87.1 cm³/mol. The van der Waals surface area contributed by atoms with Gasteiger partial charge in [-0.2, -0.15) is 0 Å². The quantitative estimate of drug-likeness (QED) is 0.781. The Hall–Kier alpha value is -0.860. The van der Waals surface area contributed by atoms with Crippen LogP contribution in [0.25, 0.3) is 0 Å². The number of nitrogens with zero attached hydrogens (tertiary/aromatic N) is 1. The van der Waals surface area contributed by atoms with Crippen LogP contribution in [-0.2, 0) is 6.42 Å². The lowest BCUT2D eigenvalue weighted by Crippen LogP contribution is -2.39. The standard InChI is InChI=1S/C18H30N2/c1-3-17(15-16-9-5-4-6-10-16)19-13-14-20(2)18-11-7-8-12-18/h4-6,9-10,17-19H,3,7-8,11-15H2,1-2H3. The van der Waals surface area contributed by atoms with Crippen LogP contribution in [-0.4, -0.2) is 37.1 Å². The first kappa shape index (κ1) is 15.5. The molecule has 0 aliphatic heterocycles. The van der Waals surface area contributed by atoms with E-state index < -0.39 is 0 Å². The molecule has 0 aromatic heterocycles. The highest BCUT2D eigenvalue weighted by molar-refractivity contribution is 5.15. The van der Waals surface area contributed by atoms with Gasteiger partial charge < -0.3 is 10.2 Å². The van der Waals surface area contributed by atoms with Crippen LogP contribution in [0.4, 0.5) is 0 Å². The smallest absolute Gasteiger partial charge is 0.0107 e. The summed E-state index contributed by atoms with van der Waals surface area (Å²) in [6.45, 7) is 4.57. The molecule has 1 atom stereocenters. The zero-order valence-electron chi connectivity index (χ0n) is 13.1. The summed E-state index contributed by atoms with van der Waals surface area (Å²) < 4.78 is 0. The predicted octanol–water partition coefficient (Wildman–Crippen LogP) is 3.47. The number of hydrogen-bond acceptors (Lipinski definition) is 2. The van der Waals surface area contributed by atoms with Crippen LogP contribution in [0.15, 0.2) is 30.3 Å². The minimum absolute atomic E-state index is 0.606. The molecule has 0 radical (unpaired) electrons. The fourth-order valence-corrected chi connectivity index (χ4v) is 3.23. The summed E-state index contributed by atoms with van der Waals surface area (Å²) >= 11 is 0. The van der Waals surface area contributed by atoms with Crippen molar-refractivity contribution in [2.45, 2.75) is 57.5 Å². The maximum Gasteiger partial charge on any atom is 0.0107 e. The second-order valence-corrected chi connectivity index (χ2v) is 6.17. The minimum Gasteiger partial charge on any atom is -0.312 e. The molecule has 20 heavy (non-hydrogen) atoms. The third kappa shape index (κ3) is 4.92. The van der Waals surface area contributed by atoms with Crippen LogP contribution >= 0.6 is 0 Å². The van der Waals surface area contributed by atoms with E-state index in [2.05, 4.69) is 54.5 Å². The first-order chi connectivity index (χ1) is 9.79. The lowest BCUT2D eigenvalue weighted by molar-refractivity contribution is 0.241. The molecule has 0 amide bonds. The minimum atomic E-state index is 0.606. The Morgan fingerprint density at radius 3 is 2.55 bits per heavy atom. The molecule has 1 N–H and O–H groups in total. The summed E-state index contributed by atoms with van der Waals surface area (Å²) in [5, 5.41) is 3.73. The third-order valence-electron chi connectivity index (χ3n) is 4.66. The highest BCUT2D eigenvalue weighted by Gasteiger charge is 2.19. The third-order valence-corrected chi connectivity index (χ3v) is 4.66. The van der Waals surface area contributed by atoms with Crippen molar-refractivity contribution in [2.75, 3.05) is 20.1 Å². The fourth-order valence-electron chi connectivity index (χ4n) is 3.23. The Morgan fingerprint density at radius 2 is 1.90 bits per heavy atom. The van der Waals surface area contributed by atoms with Crippen LogP contribution in [0.3, 0.4) is 0 Å². The zero-order chi connectivity index (χ0) is 14.2. The summed E-state index contributed by atoms with van der Waals surface area (Å²) in [7, 11) is 2.29. The molecule has 1 aliphatic carbocycles. The molecule has 1 saturated carbocycles. The molecule has 1 aromatic carbocycles. The van der Waals surface area contributed by atoms with E-state index in [1.54, 1.807) is 0 Å². The molecule has 2 heteroatoms. The molecule has 0 bridgehead atoms. The maximum absolute atomic E-state index is 3.73. The normalized spacial score (nSPS) is 17.8. The van der Waals surface area contributed by atoms with Crippen molar-refractivity contribution in [3.05, 3.63) is 35.9 Å².